The van der Waals surface area contributed by atoms with Gasteiger partial charge in [-0.25, -0.2) is 8.42 Å². The Balaban J connectivity index is 1.22. The smallest absolute Gasteiger partial charge is 0.243 e. The molecule has 0 radical (unpaired) electrons. The quantitative estimate of drug-likeness (QED) is 0.641. The number of piperazine rings is 2. The van der Waals surface area contributed by atoms with Crippen molar-refractivity contribution in [2.45, 2.75) is 11.3 Å². The number of rotatable bonds is 4. The Labute approximate surface area is 194 Å². The fourth-order valence-electron chi connectivity index (χ4n) is 4.30. The number of anilines is 2. The molecule has 2 saturated heterocycles. The van der Waals surface area contributed by atoms with Gasteiger partial charge in [-0.05, 0) is 31.3 Å². The molecule has 0 atom stereocenters. The Bertz CT molecular complexity index is 1060. The van der Waals surface area contributed by atoms with Gasteiger partial charge in [0.25, 0.3) is 0 Å². The molecule has 1 aromatic heterocycles. The van der Waals surface area contributed by atoms with Crippen molar-refractivity contribution in [3.63, 3.8) is 0 Å². The number of fused-ring (bicyclic) bond motifs is 1. The Morgan fingerprint density at radius 1 is 0.758 bits per heavy atom. The molecule has 10 nitrogen and oxygen atoms in total. The first-order chi connectivity index (χ1) is 16.0. The third-order valence-corrected chi connectivity index (χ3v) is 8.28. The SMILES string of the molecule is CN1CCN(c2ccc(N3CCN(S(=O)(=O)c4ccc5c(c4)OCCCO5)CC3)nn2)CC1. The lowest BCUT2D eigenvalue weighted by Gasteiger charge is -2.35. The van der Waals surface area contributed by atoms with E-state index in [0.29, 0.717) is 50.9 Å². The fourth-order valence-corrected chi connectivity index (χ4v) is 5.74. The molecule has 0 bridgehead atoms. The van der Waals surface area contributed by atoms with E-state index < -0.39 is 10.0 Å². The molecule has 0 saturated carbocycles. The van der Waals surface area contributed by atoms with Crippen LogP contribution in [-0.2, 0) is 10.0 Å². The van der Waals surface area contributed by atoms with Crippen molar-refractivity contribution in [2.75, 3.05) is 82.4 Å². The lowest BCUT2D eigenvalue weighted by Crippen LogP contribution is -2.49. The van der Waals surface area contributed by atoms with Crippen LogP contribution in [-0.4, -0.2) is 100 Å². The third kappa shape index (κ3) is 4.71. The van der Waals surface area contributed by atoms with E-state index in [1.807, 2.05) is 12.1 Å². The summed E-state index contributed by atoms with van der Waals surface area (Å²) in [5.74, 6) is 2.75. The molecule has 11 heteroatoms. The van der Waals surface area contributed by atoms with Crippen LogP contribution in [0, 0.1) is 0 Å². The van der Waals surface area contributed by atoms with Gasteiger partial charge in [0.1, 0.15) is 0 Å². The Kier molecular flexibility index (Phi) is 6.26. The molecule has 0 amide bonds. The molecule has 0 aliphatic carbocycles. The molecule has 178 valence electrons. The lowest BCUT2D eigenvalue weighted by molar-refractivity contribution is 0.296. The molecule has 0 spiro atoms. The summed E-state index contributed by atoms with van der Waals surface area (Å²) in [5.41, 5.74) is 0. The van der Waals surface area contributed by atoms with Crippen molar-refractivity contribution >= 4 is 21.7 Å². The van der Waals surface area contributed by atoms with Crippen LogP contribution in [0.4, 0.5) is 11.6 Å². The standard InChI is InChI=1S/C22H30N6O4S/c1-25-7-9-26(10-8-25)21-5-6-22(24-23-21)27-11-13-28(14-12-27)33(29,30)18-3-4-19-20(17-18)32-16-2-15-31-19/h3-6,17H,2,7-16H2,1H3. The molecule has 5 rings (SSSR count). The highest BCUT2D eigenvalue weighted by atomic mass is 32.2. The summed E-state index contributed by atoms with van der Waals surface area (Å²) in [6.45, 7) is 6.91. The van der Waals surface area contributed by atoms with Crippen LogP contribution in [0.25, 0.3) is 0 Å². The monoisotopic (exact) mass is 474 g/mol. The van der Waals surface area contributed by atoms with Gasteiger partial charge in [-0.2, -0.15) is 4.31 Å². The van der Waals surface area contributed by atoms with E-state index in [4.69, 9.17) is 9.47 Å². The molecule has 3 aliphatic heterocycles. The van der Waals surface area contributed by atoms with Crippen LogP contribution in [0.1, 0.15) is 6.42 Å². The Hall–Kier alpha value is -2.63. The summed E-state index contributed by atoms with van der Waals surface area (Å²) < 4.78 is 39.2. The van der Waals surface area contributed by atoms with Crippen molar-refractivity contribution in [1.29, 1.82) is 0 Å². The summed E-state index contributed by atoms with van der Waals surface area (Å²) in [5, 5.41) is 8.85. The maximum absolute atomic E-state index is 13.2. The minimum Gasteiger partial charge on any atom is -0.490 e. The zero-order chi connectivity index (χ0) is 22.8. The maximum atomic E-state index is 13.2. The molecule has 0 unspecified atom stereocenters. The third-order valence-electron chi connectivity index (χ3n) is 6.38. The second-order valence-electron chi connectivity index (χ2n) is 8.59. The van der Waals surface area contributed by atoms with Gasteiger partial charge in [0.2, 0.25) is 10.0 Å². The highest BCUT2D eigenvalue weighted by Crippen LogP contribution is 2.33. The van der Waals surface area contributed by atoms with Gasteiger partial charge in [0.15, 0.2) is 23.1 Å². The van der Waals surface area contributed by atoms with Gasteiger partial charge in [0, 0.05) is 64.8 Å². The molecule has 0 N–H and O–H groups in total. The van der Waals surface area contributed by atoms with Crippen molar-refractivity contribution in [2.24, 2.45) is 0 Å². The fraction of sp³-hybridized carbons (Fsp3) is 0.545. The summed E-state index contributed by atoms with van der Waals surface area (Å²) >= 11 is 0. The van der Waals surface area contributed by atoms with Gasteiger partial charge in [-0.3, -0.25) is 0 Å². The van der Waals surface area contributed by atoms with Crippen molar-refractivity contribution in [3.05, 3.63) is 30.3 Å². The van der Waals surface area contributed by atoms with E-state index in [1.165, 1.54) is 4.31 Å². The highest BCUT2D eigenvalue weighted by Gasteiger charge is 2.30. The summed E-state index contributed by atoms with van der Waals surface area (Å²) in [4.78, 5) is 6.87. The first kappa shape index (κ1) is 22.2. The largest absolute Gasteiger partial charge is 0.490 e. The van der Waals surface area contributed by atoms with Crippen molar-refractivity contribution < 1.29 is 17.9 Å². The average Bonchev–Trinajstić information content (AvgIpc) is 3.10. The summed E-state index contributed by atoms with van der Waals surface area (Å²) in [6, 6.07) is 8.84. The van der Waals surface area contributed by atoms with Gasteiger partial charge in [0.05, 0.1) is 18.1 Å². The number of nitrogens with zero attached hydrogens (tertiary/aromatic N) is 6. The topological polar surface area (TPSA) is 91.3 Å². The molecule has 2 aromatic rings. The van der Waals surface area contributed by atoms with Crippen LogP contribution >= 0.6 is 0 Å². The first-order valence-electron chi connectivity index (χ1n) is 11.4. The second-order valence-corrected chi connectivity index (χ2v) is 10.5. The highest BCUT2D eigenvalue weighted by molar-refractivity contribution is 7.89. The number of hydrogen-bond donors (Lipinski definition) is 0. The van der Waals surface area contributed by atoms with E-state index in [9.17, 15) is 8.42 Å². The van der Waals surface area contributed by atoms with Gasteiger partial charge >= 0.3 is 0 Å². The molecule has 2 fully saturated rings. The molecule has 3 aliphatic rings. The summed E-state index contributed by atoms with van der Waals surface area (Å²) in [6.07, 6.45) is 0.776. The van der Waals surface area contributed by atoms with Crippen LogP contribution in [0.2, 0.25) is 0 Å². The predicted molar refractivity (Wildman–Crippen MR) is 125 cm³/mol. The summed E-state index contributed by atoms with van der Waals surface area (Å²) in [7, 11) is -1.49. The van der Waals surface area contributed by atoms with E-state index >= 15 is 0 Å². The molecule has 1 aromatic carbocycles. The number of aromatic nitrogens is 2. The first-order valence-corrected chi connectivity index (χ1v) is 12.9. The minimum absolute atomic E-state index is 0.233. The van der Waals surface area contributed by atoms with Crippen LogP contribution in [0.5, 0.6) is 11.5 Å². The van der Waals surface area contributed by atoms with Crippen molar-refractivity contribution in [3.8, 4) is 11.5 Å². The predicted octanol–water partition coefficient (Wildman–Crippen LogP) is 0.901. The van der Waals surface area contributed by atoms with Crippen LogP contribution < -0.4 is 19.3 Å². The Morgan fingerprint density at radius 2 is 1.33 bits per heavy atom. The molecule has 33 heavy (non-hydrogen) atoms. The van der Waals surface area contributed by atoms with Crippen molar-refractivity contribution in [1.82, 2.24) is 19.4 Å². The second kappa shape index (κ2) is 9.32. The van der Waals surface area contributed by atoms with Gasteiger partial charge in [-0.1, -0.05) is 0 Å². The number of ether oxygens (including phenoxy) is 2. The number of likely N-dealkylation sites (N-methyl/N-ethyl adjacent to an activating group) is 1. The van der Waals surface area contributed by atoms with Crippen LogP contribution in [0.15, 0.2) is 35.2 Å². The zero-order valence-corrected chi connectivity index (χ0v) is 19.7. The van der Waals surface area contributed by atoms with Crippen LogP contribution in [0.3, 0.4) is 0 Å². The maximum Gasteiger partial charge on any atom is 0.243 e. The van der Waals surface area contributed by atoms with E-state index in [1.54, 1.807) is 18.2 Å². The molecular formula is C22H30N6O4S. The zero-order valence-electron chi connectivity index (χ0n) is 18.9. The van der Waals surface area contributed by atoms with E-state index in [0.717, 1.165) is 44.2 Å². The van der Waals surface area contributed by atoms with Gasteiger partial charge in [-0.15, -0.1) is 10.2 Å². The normalized spacial score (nSPS) is 20.5. The van der Waals surface area contributed by atoms with Gasteiger partial charge < -0.3 is 24.2 Å². The molecular weight excluding hydrogens is 444 g/mol. The number of sulfonamides is 1. The number of benzene rings is 1. The molecule has 4 heterocycles. The van der Waals surface area contributed by atoms with E-state index in [2.05, 4.69) is 31.9 Å². The van der Waals surface area contributed by atoms with E-state index in [-0.39, 0.29) is 4.90 Å². The minimum atomic E-state index is -3.61. The number of hydrogen-bond acceptors (Lipinski definition) is 9. The lowest BCUT2D eigenvalue weighted by atomic mass is 10.3. The average molecular weight is 475 g/mol. The Morgan fingerprint density at radius 3 is 1.94 bits per heavy atom.